The van der Waals surface area contributed by atoms with Crippen LogP contribution in [0.5, 0.6) is 0 Å². The summed E-state index contributed by atoms with van der Waals surface area (Å²) in [6, 6.07) is 4.62. The number of halogens is 3. The van der Waals surface area contributed by atoms with Gasteiger partial charge in [0.25, 0.3) is 12.4 Å². The van der Waals surface area contributed by atoms with Crippen molar-refractivity contribution >= 4 is 35.4 Å². The molecule has 224 valence electrons. The maximum absolute atomic E-state index is 13.4. The number of amides is 2. The van der Waals surface area contributed by atoms with Crippen molar-refractivity contribution in [2.75, 3.05) is 18.4 Å². The highest BCUT2D eigenvalue weighted by Crippen LogP contribution is 2.36. The second-order valence-electron chi connectivity index (χ2n) is 8.91. The summed E-state index contributed by atoms with van der Waals surface area (Å²) < 4.78 is 41.7. The van der Waals surface area contributed by atoms with E-state index >= 15 is 0 Å². The Labute approximate surface area is 237 Å². The molecule has 42 heavy (non-hydrogen) atoms. The molecule has 7 N–H and O–H groups in total. The predicted octanol–water partition coefficient (Wildman–Crippen LogP) is 2.73. The molecular formula is C26H30F3N9O4. The normalized spacial score (nSPS) is 11.8. The molecule has 0 spiro atoms. The fourth-order valence-corrected chi connectivity index (χ4v) is 3.98. The minimum absolute atomic E-state index is 0.132. The van der Waals surface area contributed by atoms with E-state index in [9.17, 15) is 22.8 Å². The molecule has 4 aromatic rings. The van der Waals surface area contributed by atoms with E-state index in [4.69, 9.17) is 15.6 Å². The second kappa shape index (κ2) is 14.1. The van der Waals surface area contributed by atoms with Crippen LogP contribution >= 0.6 is 0 Å². The summed E-state index contributed by atoms with van der Waals surface area (Å²) in [6.07, 6.45) is 1.93. The summed E-state index contributed by atoms with van der Waals surface area (Å²) in [6.45, 7) is 4.04. The molecule has 0 aliphatic rings. The number of H-pyrrole nitrogens is 1. The molecule has 0 aliphatic carbocycles. The van der Waals surface area contributed by atoms with Crippen molar-refractivity contribution in [3.63, 3.8) is 0 Å². The van der Waals surface area contributed by atoms with Crippen LogP contribution in [0.2, 0.25) is 0 Å². The van der Waals surface area contributed by atoms with Crippen molar-refractivity contribution in [1.82, 2.24) is 35.2 Å². The Hall–Kier alpha value is -4.99. The van der Waals surface area contributed by atoms with Crippen molar-refractivity contribution in [3.8, 4) is 11.3 Å². The number of nitrogens with one attached hydrogen (secondary N) is 4. The lowest BCUT2D eigenvalue weighted by molar-refractivity contribution is -0.140. The number of carboxylic acid groups (broad SMARTS) is 1. The Balaban J connectivity index is 0.00000155. The van der Waals surface area contributed by atoms with E-state index in [1.807, 2.05) is 18.1 Å². The number of nitrogens with two attached hydrogens (primary N) is 1. The number of aromatic amines is 1. The summed E-state index contributed by atoms with van der Waals surface area (Å²) in [5.74, 6) is -0.161. The molecule has 1 aromatic carbocycles. The molecule has 1 atom stereocenters. The third kappa shape index (κ3) is 7.60. The first-order valence-electron chi connectivity index (χ1n) is 12.7. The Morgan fingerprint density at radius 3 is 2.57 bits per heavy atom. The van der Waals surface area contributed by atoms with Gasteiger partial charge in [0, 0.05) is 36.7 Å². The number of rotatable bonds is 10. The van der Waals surface area contributed by atoms with Crippen molar-refractivity contribution in [1.29, 1.82) is 0 Å². The van der Waals surface area contributed by atoms with Gasteiger partial charge in [-0.3, -0.25) is 23.9 Å². The van der Waals surface area contributed by atoms with Crippen LogP contribution in [0.3, 0.4) is 0 Å². The van der Waals surface area contributed by atoms with E-state index in [0.717, 1.165) is 11.8 Å². The van der Waals surface area contributed by atoms with Crippen LogP contribution in [0.25, 0.3) is 16.9 Å². The molecule has 13 nitrogen and oxygen atoms in total. The van der Waals surface area contributed by atoms with Gasteiger partial charge in [0.15, 0.2) is 11.5 Å². The zero-order valence-electron chi connectivity index (χ0n) is 22.7. The lowest BCUT2D eigenvalue weighted by Gasteiger charge is -2.13. The van der Waals surface area contributed by atoms with Crippen molar-refractivity contribution in [2.24, 2.45) is 5.73 Å². The summed E-state index contributed by atoms with van der Waals surface area (Å²) >= 11 is 0. The van der Waals surface area contributed by atoms with Gasteiger partial charge in [-0.1, -0.05) is 6.92 Å². The van der Waals surface area contributed by atoms with Crippen LogP contribution in [0.4, 0.5) is 24.7 Å². The number of carbonyl (C=O) groups is 3. The smallest absolute Gasteiger partial charge is 0.433 e. The molecule has 2 amide bonds. The molecule has 0 bridgehead atoms. The highest BCUT2D eigenvalue weighted by Gasteiger charge is 2.36. The fourth-order valence-electron chi connectivity index (χ4n) is 3.98. The first-order chi connectivity index (χ1) is 20.0. The summed E-state index contributed by atoms with van der Waals surface area (Å²) in [4.78, 5) is 41.2. The standard InChI is InChI=1S/C25H28F3N9O2.CH2O2/c1-3-15-11-16(5-6-17(15)24(39)32-8-4-7-31-23(38)14(2)29)35-21-22-33-13-19(37(22)10-9-30-21)18-12-34-36-20(18)25(26,27)28;2-1-3/h5-6,9-14H,3-4,7-8,29H2,1-2H3,(H,30,35)(H,31,38)(H,32,39)(H,34,36);1H,(H,2,3). The number of imidazole rings is 1. The Morgan fingerprint density at radius 2 is 1.90 bits per heavy atom. The van der Waals surface area contributed by atoms with E-state index in [1.165, 1.54) is 23.0 Å². The molecule has 0 aliphatic heterocycles. The van der Waals surface area contributed by atoms with Crippen LogP contribution in [-0.4, -0.2) is 67.1 Å². The zero-order chi connectivity index (χ0) is 30.9. The zero-order valence-corrected chi connectivity index (χ0v) is 22.7. The van der Waals surface area contributed by atoms with Gasteiger partial charge in [-0.25, -0.2) is 9.97 Å². The maximum atomic E-state index is 13.4. The number of hydrogen-bond acceptors (Lipinski definition) is 8. The molecule has 0 saturated heterocycles. The average molecular weight is 590 g/mol. The first-order valence-corrected chi connectivity index (χ1v) is 12.7. The topological polar surface area (TPSA) is 192 Å². The molecule has 16 heteroatoms. The van der Waals surface area contributed by atoms with E-state index in [1.54, 1.807) is 19.1 Å². The van der Waals surface area contributed by atoms with Gasteiger partial charge in [-0.05, 0) is 43.5 Å². The molecule has 0 radical (unpaired) electrons. The summed E-state index contributed by atoms with van der Waals surface area (Å²) in [5.41, 5.74) is 6.85. The average Bonchev–Trinajstić information content (AvgIpc) is 3.61. The third-order valence-electron chi connectivity index (χ3n) is 5.97. The SMILES string of the molecule is CCc1cc(Nc2nccn3c(-c4cn[nH]c4C(F)(F)F)cnc23)ccc1C(=O)NCCCNC(=O)C(C)N.O=CO. The summed E-state index contributed by atoms with van der Waals surface area (Å²) in [7, 11) is 0. The molecule has 3 heterocycles. The number of alkyl halides is 3. The van der Waals surface area contributed by atoms with Gasteiger partial charge in [0.1, 0.15) is 5.69 Å². The number of nitrogens with zero attached hydrogens (tertiary/aromatic N) is 4. The highest BCUT2D eigenvalue weighted by molar-refractivity contribution is 5.96. The molecule has 0 fully saturated rings. The minimum atomic E-state index is -4.60. The Morgan fingerprint density at radius 1 is 1.19 bits per heavy atom. The van der Waals surface area contributed by atoms with E-state index in [0.29, 0.717) is 48.6 Å². The van der Waals surface area contributed by atoms with Crippen LogP contribution in [0, 0.1) is 0 Å². The Kier molecular flexibility index (Phi) is 10.6. The minimum Gasteiger partial charge on any atom is -0.483 e. The van der Waals surface area contributed by atoms with Gasteiger partial charge in [-0.2, -0.15) is 18.3 Å². The van der Waals surface area contributed by atoms with Crippen LogP contribution in [-0.2, 0) is 22.2 Å². The molecule has 4 rings (SSSR count). The molecule has 3 aromatic heterocycles. The highest BCUT2D eigenvalue weighted by atomic mass is 19.4. The Bertz CT molecular complexity index is 1530. The van der Waals surface area contributed by atoms with Crippen LogP contribution < -0.4 is 21.7 Å². The number of carbonyl (C=O) groups excluding carboxylic acids is 2. The molecule has 1 unspecified atom stereocenters. The van der Waals surface area contributed by atoms with Gasteiger partial charge in [0.2, 0.25) is 5.91 Å². The number of anilines is 2. The quantitative estimate of drug-likeness (QED) is 0.119. The molecular weight excluding hydrogens is 559 g/mol. The van der Waals surface area contributed by atoms with E-state index in [-0.39, 0.29) is 29.5 Å². The number of aryl methyl sites for hydroxylation is 1. The number of benzene rings is 1. The monoisotopic (exact) mass is 589 g/mol. The van der Waals surface area contributed by atoms with E-state index < -0.39 is 17.9 Å². The van der Waals surface area contributed by atoms with Crippen molar-refractivity contribution < 1.29 is 32.7 Å². The van der Waals surface area contributed by atoms with Gasteiger partial charge >= 0.3 is 6.18 Å². The lowest BCUT2D eigenvalue weighted by atomic mass is 10.0. The lowest BCUT2D eigenvalue weighted by Crippen LogP contribution is -2.39. The predicted molar refractivity (Wildman–Crippen MR) is 147 cm³/mol. The van der Waals surface area contributed by atoms with Gasteiger partial charge in [-0.15, -0.1) is 0 Å². The van der Waals surface area contributed by atoms with Crippen LogP contribution in [0.1, 0.15) is 41.9 Å². The number of hydrogen-bond donors (Lipinski definition) is 6. The number of fused-ring (bicyclic) bond motifs is 1. The first kappa shape index (κ1) is 31.5. The van der Waals surface area contributed by atoms with Gasteiger partial charge in [0.05, 0.1) is 29.7 Å². The van der Waals surface area contributed by atoms with Crippen LogP contribution in [0.15, 0.2) is 43.0 Å². The van der Waals surface area contributed by atoms with Crippen molar-refractivity contribution in [2.45, 2.75) is 38.9 Å². The van der Waals surface area contributed by atoms with Gasteiger partial charge < -0.3 is 26.8 Å². The maximum Gasteiger partial charge on any atom is 0.433 e. The number of aromatic nitrogens is 5. The fraction of sp³-hybridized carbons (Fsp3) is 0.308. The summed E-state index contributed by atoms with van der Waals surface area (Å²) in [5, 5.41) is 21.1. The molecule has 0 saturated carbocycles. The van der Waals surface area contributed by atoms with Crippen molar-refractivity contribution in [3.05, 3.63) is 59.8 Å². The second-order valence-corrected chi connectivity index (χ2v) is 8.91. The third-order valence-corrected chi connectivity index (χ3v) is 5.97. The van der Waals surface area contributed by atoms with E-state index in [2.05, 4.69) is 31.0 Å². The largest absolute Gasteiger partial charge is 0.483 e.